The summed E-state index contributed by atoms with van der Waals surface area (Å²) in [6.07, 6.45) is 1.11. The first-order valence-electron chi connectivity index (χ1n) is 7.81. The molecule has 0 aliphatic carbocycles. The van der Waals surface area contributed by atoms with Crippen molar-refractivity contribution in [1.82, 2.24) is 4.90 Å². The number of fused-ring (bicyclic) bond motifs is 2. The molecule has 1 aromatic heterocycles. The van der Waals surface area contributed by atoms with Crippen molar-refractivity contribution in [3.63, 3.8) is 0 Å². The quantitative estimate of drug-likeness (QED) is 0.608. The summed E-state index contributed by atoms with van der Waals surface area (Å²) >= 11 is 8.12. The van der Waals surface area contributed by atoms with Crippen molar-refractivity contribution in [1.29, 1.82) is 0 Å². The van der Waals surface area contributed by atoms with Crippen molar-refractivity contribution in [2.24, 2.45) is 0 Å². The number of halogens is 1. The van der Waals surface area contributed by atoms with Crippen LogP contribution < -0.4 is 4.74 Å². The minimum Gasteiger partial charge on any atom is -0.484 e. The second-order valence-electron chi connectivity index (χ2n) is 6.03. The van der Waals surface area contributed by atoms with Crippen LogP contribution in [0.3, 0.4) is 0 Å². The van der Waals surface area contributed by atoms with Gasteiger partial charge in [0.05, 0.1) is 0 Å². The first-order chi connectivity index (χ1) is 11.2. The molecule has 0 amide bonds. The van der Waals surface area contributed by atoms with Gasteiger partial charge >= 0.3 is 0 Å². The Bertz CT molecular complexity index is 844. The van der Waals surface area contributed by atoms with Gasteiger partial charge in [-0.25, -0.2) is 0 Å². The molecule has 4 heteroatoms. The third-order valence-electron chi connectivity index (χ3n) is 4.39. The molecule has 0 saturated carbocycles. The van der Waals surface area contributed by atoms with E-state index in [1.807, 2.05) is 30.3 Å². The van der Waals surface area contributed by atoms with Crippen molar-refractivity contribution in [3.05, 3.63) is 63.3 Å². The summed E-state index contributed by atoms with van der Waals surface area (Å²) in [5.74, 6) is 0.916. The third kappa shape index (κ3) is 2.85. The Labute approximate surface area is 145 Å². The second kappa shape index (κ2) is 6.16. The van der Waals surface area contributed by atoms with Gasteiger partial charge in [0.15, 0.2) is 0 Å². The summed E-state index contributed by atoms with van der Waals surface area (Å²) in [6.45, 7) is 2.04. The van der Waals surface area contributed by atoms with Gasteiger partial charge in [0, 0.05) is 40.2 Å². The van der Waals surface area contributed by atoms with Gasteiger partial charge in [-0.05, 0) is 36.2 Å². The lowest BCUT2D eigenvalue weighted by Gasteiger charge is -2.19. The molecule has 0 fully saturated rings. The Morgan fingerprint density at radius 1 is 1.13 bits per heavy atom. The summed E-state index contributed by atoms with van der Waals surface area (Å²) in [4.78, 5) is 3.71. The molecular weight excluding hydrogens is 326 g/mol. The predicted molar refractivity (Wildman–Crippen MR) is 97.6 cm³/mol. The van der Waals surface area contributed by atoms with Gasteiger partial charge in [-0.3, -0.25) is 0 Å². The molecule has 2 heterocycles. The second-order valence-corrected chi connectivity index (χ2v) is 7.39. The number of hydrogen-bond acceptors (Lipinski definition) is 3. The van der Waals surface area contributed by atoms with Crippen LogP contribution in [-0.2, 0) is 6.54 Å². The van der Waals surface area contributed by atoms with Gasteiger partial charge < -0.3 is 9.64 Å². The fourth-order valence-corrected chi connectivity index (χ4v) is 4.41. The zero-order chi connectivity index (χ0) is 15.8. The number of benzene rings is 2. The van der Waals surface area contributed by atoms with Crippen LogP contribution in [0.1, 0.15) is 23.0 Å². The lowest BCUT2D eigenvalue weighted by Crippen LogP contribution is -2.18. The van der Waals surface area contributed by atoms with Crippen LogP contribution in [0, 0.1) is 0 Å². The van der Waals surface area contributed by atoms with Crippen molar-refractivity contribution >= 4 is 33.7 Å². The predicted octanol–water partition coefficient (Wildman–Crippen LogP) is 5.51. The molecule has 1 aliphatic rings. The van der Waals surface area contributed by atoms with E-state index in [4.69, 9.17) is 16.3 Å². The molecule has 2 aromatic carbocycles. The van der Waals surface area contributed by atoms with Crippen LogP contribution in [-0.4, -0.2) is 18.5 Å². The molecule has 1 aliphatic heterocycles. The van der Waals surface area contributed by atoms with E-state index in [0.717, 1.165) is 41.1 Å². The molecule has 2 nitrogen and oxygen atoms in total. The van der Waals surface area contributed by atoms with Crippen molar-refractivity contribution in [3.8, 4) is 5.75 Å². The molecule has 0 spiro atoms. The van der Waals surface area contributed by atoms with Crippen molar-refractivity contribution in [2.75, 3.05) is 13.6 Å². The normalized spacial score (nSPS) is 18.6. The Morgan fingerprint density at radius 2 is 1.96 bits per heavy atom. The van der Waals surface area contributed by atoms with Crippen LogP contribution in [0.4, 0.5) is 0 Å². The molecule has 0 bridgehead atoms. The highest BCUT2D eigenvalue weighted by Gasteiger charge is 2.24. The van der Waals surface area contributed by atoms with E-state index in [-0.39, 0.29) is 6.10 Å². The molecule has 3 aromatic rings. The minimum atomic E-state index is 0.111. The van der Waals surface area contributed by atoms with Crippen LogP contribution >= 0.6 is 22.9 Å². The number of hydrogen-bond donors (Lipinski definition) is 0. The van der Waals surface area contributed by atoms with E-state index >= 15 is 0 Å². The van der Waals surface area contributed by atoms with Gasteiger partial charge in [0.2, 0.25) is 0 Å². The fourth-order valence-electron chi connectivity index (χ4n) is 3.20. The van der Waals surface area contributed by atoms with Gasteiger partial charge in [0.25, 0.3) is 0 Å². The van der Waals surface area contributed by atoms with Gasteiger partial charge in [-0.1, -0.05) is 35.9 Å². The zero-order valence-electron chi connectivity index (χ0n) is 13.0. The van der Waals surface area contributed by atoms with E-state index in [0.29, 0.717) is 0 Å². The van der Waals surface area contributed by atoms with Crippen molar-refractivity contribution < 1.29 is 4.74 Å². The maximum atomic E-state index is 6.46. The molecule has 118 valence electrons. The molecule has 0 saturated heterocycles. The van der Waals surface area contributed by atoms with Crippen LogP contribution in [0.2, 0.25) is 5.02 Å². The minimum absolute atomic E-state index is 0.111. The fraction of sp³-hybridized carbons (Fsp3) is 0.263. The summed E-state index contributed by atoms with van der Waals surface area (Å²) < 4.78 is 6.46. The van der Waals surface area contributed by atoms with E-state index in [2.05, 4.69) is 29.5 Å². The number of thiophene rings is 1. The van der Waals surface area contributed by atoms with Gasteiger partial charge in [-0.15, -0.1) is 11.3 Å². The molecule has 1 atom stereocenters. The van der Waals surface area contributed by atoms with Crippen LogP contribution in [0.25, 0.3) is 10.8 Å². The Hall–Kier alpha value is -1.55. The first kappa shape index (κ1) is 15.0. The highest BCUT2D eigenvalue weighted by atomic mass is 35.5. The highest BCUT2D eigenvalue weighted by Crippen LogP contribution is 2.38. The summed E-state index contributed by atoms with van der Waals surface area (Å²) in [5, 5.41) is 5.06. The van der Waals surface area contributed by atoms with Crippen molar-refractivity contribution in [2.45, 2.75) is 19.1 Å². The monoisotopic (exact) mass is 343 g/mol. The largest absolute Gasteiger partial charge is 0.484 e. The molecule has 0 radical (unpaired) electrons. The van der Waals surface area contributed by atoms with Gasteiger partial charge in [0.1, 0.15) is 11.9 Å². The molecule has 4 rings (SSSR count). The Balaban J connectivity index is 1.73. The Morgan fingerprint density at radius 3 is 2.83 bits per heavy atom. The SMILES string of the molecule is CN1CCC(Oc2ccc(Cl)c3ccccc23)c2sccc2C1. The maximum absolute atomic E-state index is 6.46. The number of rotatable bonds is 2. The van der Waals surface area contributed by atoms with Crippen LogP contribution in [0.15, 0.2) is 47.8 Å². The van der Waals surface area contributed by atoms with Gasteiger partial charge in [-0.2, -0.15) is 0 Å². The molecule has 23 heavy (non-hydrogen) atoms. The highest BCUT2D eigenvalue weighted by molar-refractivity contribution is 7.10. The number of nitrogens with zero attached hydrogens (tertiary/aromatic N) is 1. The average molecular weight is 344 g/mol. The lowest BCUT2D eigenvalue weighted by atomic mass is 10.1. The van der Waals surface area contributed by atoms with E-state index < -0.39 is 0 Å². The standard InChI is InChI=1S/C19H18ClNOS/c1-21-10-8-18(19-13(12-21)9-11-23-19)22-17-7-6-16(20)14-4-2-3-5-15(14)17/h2-7,9,11,18H,8,10,12H2,1H3. The van der Waals surface area contributed by atoms with E-state index in [9.17, 15) is 0 Å². The third-order valence-corrected chi connectivity index (χ3v) is 5.77. The summed E-state index contributed by atoms with van der Waals surface area (Å²) in [7, 11) is 2.17. The smallest absolute Gasteiger partial charge is 0.134 e. The molecule has 1 unspecified atom stereocenters. The maximum Gasteiger partial charge on any atom is 0.134 e. The van der Waals surface area contributed by atoms with E-state index in [1.54, 1.807) is 11.3 Å². The van der Waals surface area contributed by atoms with E-state index in [1.165, 1.54) is 10.4 Å². The number of ether oxygens (including phenoxy) is 1. The molecule has 0 N–H and O–H groups in total. The Kier molecular flexibility index (Phi) is 4.02. The van der Waals surface area contributed by atoms with Crippen LogP contribution in [0.5, 0.6) is 5.75 Å². The zero-order valence-corrected chi connectivity index (χ0v) is 14.5. The molecular formula is C19H18ClNOS. The first-order valence-corrected chi connectivity index (χ1v) is 9.07. The average Bonchev–Trinajstić information content (AvgIpc) is 2.96. The topological polar surface area (TPSA) is 12.5 Å². The lowest BCUT2D eigenvalue weighted by molar-refractivity contribution is 0.187. The summed E-state index contributed by atoms with van der Waals surface area (Å²) in [5.41, 5.74) is 1.39. The summed E-state index contributed by atoms with van der Waals surface area (Å²) in [6, 6.07) is 14.3.